The number of rotatable bonds is 7. The van der Waals surface area contributed by atoms with Crippen LogP contribution in [0.2, 0.25) is 10.0 Å². The molecule has 41 heavy (non-hydrogen) atoms. The maximum absolute atomic E-state index is 11.1. The summed E-state index contributed by atoms with van der Waals surface area (Å²) in [4.78, 5) is 19.0. The van der Waals surface area contributed by atoms with Gasteiger partial charge in [-0.25, -0.2) is 10.8 Å². The zero-order valence-corrected chi connectivity index (χ0v) is 24.9. The van der Waals surface area contributed by atoms with Crippen molar-refractivity contribution < 1.29 is 5.11 Å². The molecule has 0 unspecified atom stereocenters. The summed E-state index contributed by atoms with van der Waals surface area (Å²) in [5.74, 6) is 6.89. The van der Waals surface area contributed by atoms with Crippen molar-refractivity contribution in [1.82, 2.24) is 24.4 Å². The van der Waals surface area contributed by atoms with Crippen molar-refractivity contribution >= 4 is 46.1 Å². The second-order valence-corrected chi connectivity index (χ2v) is 12.4. The molecule has 0 radical (unpaired) electrons. The summed E-state index contributed by atoms with van der Waals surface area (Å²) in [6.45, 7) is 6.42. The Morgan fingerprint density at radius 2 is 1.56 bits per heavy atom. The van der Waals surface area contributed by atoms with Gasteiger partial charge in [-0.1, -0.05) is 60.3 Å². The number of nitrogen functional groups attached to an aromatic ring is 1. The summed E-state index contributed by atoms with van der Waals surface area (Å²) in [5, 5.41) is 12.5. The van der Waals surface area contributed by atoms with Gasteiger partial charge in [0.15, 0.2) is 17.0 Å². The number of hydrazine groups is 1. The summed E-state index contributed by atoms with van der Waals surface area (Å²) in [6.07, 6.45) is 5.40. The lowest BCUT2D eigenvalue weighted by molar-refractivity contribution is 0.0308. The van der Waals surface area contributed by atoms with Gasteiger partial charge in [-0.3, -0.25) is 10.3 Å². The van der Waals surface area contributed by atoms with Gasteiger partial charge in [0.05, 0.1) is 24.5 Å². The molecule has 216 valence electrons. The molecule has 1 saturated carbocycles. The molecule has 9 nitrogen and oxygen atoms in total. The van der Waals surface area contributed by atoms with Gasteiger partial charge >= 0.3 is 0 Å². The molecule has 0 bridgehead atoms. The zero-order chi connectivity index (χ0) is 28.7. The van der Waals surface area contributed by atoms with E-state index in [4.69, 9.17) is 39.0 Å². The molecule has 4 aromatic rings. The minimum Gasteiger partial charge on any atom is -0.388 e. The number of imidazole rings is 1. The molecular weight excluding hydrogens is 559 g/mol. The van der Waals surface area contributed by atoms with Gasteiger partial charge in [-0.05, 0) is 62.1 Å². The Morgan fingerprint density at radius 3 is 2.15 bits per heavy atom. The second kappa shape index (κ2) is 11.4. The molecule has 2 atom stereocenters. The van der Waals surface area contributed by atoms with E-state index >= 15 is 0 Å². The molecule has 1 aliphatic carbocycles. The number of benzene rings is 2. The third-order valence-corrected chi connectivity index (χ3v) is 9.09. The highest BCUT2D eigenvalue weighted by Gasteiger charge is 2.37. The van der Waals surface area contributed by atoms with Crippen LogP contribution in [0.5, 0.6) is 0 Å². The van der Waals surface area contributed by atoms with E-state index in [1.165, 1.54) is 11.1 Å². The van der Waals surface area contributed by atoms with Crippen molar-refractivity contribution in [2.45, 2.75) is 69.8 Å². The lowest BCUT2D eigenvalue weighted by atomic mass is 9.93. The first-order valence-electron chi connectivity index (χ1n) is 14.2. The van der Waals surface area contributed by atoms with E-state index in [2.05, 4.69) is 58.3 Å². The van der Waals surface area contributed by atoms with Crippen LogP contribution in [0.15, 0.2) is 54.9 Å². The average molecular weight is 596 g/mol. The number of fused-ring (bicyclic) bond motifs is 1. The molecule has 11 heteroatoms. The maximum Gasteiger partial charge on any atom is 0.241 e. The minimum atomic E-state index is -0.735. The molecule has 2 aromatic heterocycles. The van der Waals surface area contributed by atoms with E-state index in [1.807, 2.05) is 28.8 Å². The summed E-state index contributed by atoms with van der Waals surface area (Å²) >= 11 is 12.5. The van der Waals surface area contributed by atoms with Crippen molar-refractivity contribution in [3.8, 4) is 0 Å². The summed E-state index contributed by atoms with van der Waals surface area (Å²) in [6, 6.07) is 16.5. The van der Waals surface area contributed by atoms with E-state index in [9.17, 15) is 5.11 Å². The molecule has 1 aliphatic heterocycles. The number of hydrogen-bond acceptors (Lipinski definition) is 8. The standard InChI is InChI=1S/C30H36Cl2N8O/c1-19-16-40(28-25-27(35-29(36-28)37-33)38(18-34-25)17-30(41)13-3-4-14-30)20(2)15-39(19)26(21-5-9-23(31)10-6-21)22-7-11-24(32)12-8-22/h5-12,18-20,26,41H,3-4,13-17,33H2,1-2H3,(H,35,36,37)/t19-,20+/m1/s1. The van der Waals surface area contributed by atoms with Crippen LogP contribution in [0, 0.1) is 0 Å². The lowest BCUT2D eigenvalue weighted by Gasteiger charge is -2.48. The Hall–Kier alpha value is -2.95. The van der Waals surface area contributed by atoms with Gasteiger partial charge < -0.3 is 14.6 Å². The maximum atomic E-state index is 11.1. The fraction of sp³-hybridized carbons (Fsp3) is 0.433. The Morgan fingerprint density at radius 1 is 0.951 bits per heavy atom. The number of piperazine rings is 1. The van der Waals surface area contributed by atoms with E-state index in [-0.39, 0.29) is 18.1 Å². The summed E-state index contributed by atoms with van der Waals surface area (Å²) in [5.41, 5.74) is 5.64. The summed E-state index contributed by atoms with van der Waals surface area (Å²) < 4.78 is 1.94. The number of nitrogens with one attached hydrogen (secondary N) is 1. The topological polar surface area (TPSA) is 108 Å². The summed E-state index contributed by atoms with van der Waals surface area (Å²) in [7, 11) is 0. The highest BCUT2D eigenvalue weighted by Crippen LogP contribution is 2.37. The number of hydrogen-bond donors (Lipinski definition) is 3. The number of aliphatic hydroxyl groups is 1. The third-order valence-electron chi connectivity index (χ3n) is 8.58. The number of nitrogens with two attached hydrogens (primary N) is 1. The molecule has 3 heterocycles. The van der Waals surface area contributed by atoms with Crippen LogP contribution in [-0.4, -0.2) is 60.3 Å². The van der Waals surface area contributed by atoms with Crippen molar-refractivity contribution in [2.75, 3.05) is 23.4 Å². The Balaban J connectivity index is 1.33. The van der Waals surface area contributed by atoms with Gasteiger partial charge in [0.25, 0.3) is 0 Å². The molecule has 0 amide bonds. The fourth-order valence-corrected chi connectivity index (χ4v) is 6.74. The third kappa shape index (κ3) is 5.61. The van der Waals surface area contributed by atoms with Gasteiger partial charge in [0, 0.05) is 35.2 Å². The smallest absolute Gasteiger partial charge is 0.241 e. The van der Waals surface area contributed by atoms with Crippen molar-refractivity contribution in [3.05, 3.63) is 76.0 Å². The van der Waals surface area contributed by atoms with E-state index < -0.39 is 5.60 Å². The van der Waals surface area contributed by atoms with E-state index in [0.29, 0.717) is 33.7 Å². The molecule has 2 aliphatic rings. The first kappa shape index (κ1) is 28.2. The first-order chi connectivity index (χ1) is 19.7. The van der Waals surface area contributed by atoms with Gasteiger partial charge in [-0.15, -0.1) is 0 Å². The first-order valence-corrected chi connectivity index (χ1v) is 15.0. The van der Waals surface area contributed by atoms with Crippen LogP contribution < -0.4 is 16.2 Å². The Kier molecular flexibility index (Phi) is 7.82. The predicted octanol–water partition coefficient (Wildman–Crippen LogP) is 5.41. The van der Waals surface area contributed by atoms with Crippen molar-refractivity contribution in [3.63, 3.8) is 0 Å². The SMILES string of the molecule is C[C@@H]1CN(c2nc(NN)nc3c2ncn3CC2(O)CCCC2)[C@@H](C)CN1C(c1ccc(Cl)cc1)c1ccc(Cl)cc1. The molecule has 2 aromatic carbocycles. The molecule has 1 saturated heterocycles. The monoisotopic (exact) mass is 594 g/mol. The highest BCUT2D eigenvalue weighted by molar-refractivity contribution is 6.30. The predicted molar refractivity (Wildman–Crippen MR) is 164 cm³/mol. The molecular formula is C30H36Cl2N8O. The van der Waals surface area contributed by atoms with Crippen LogP contribution in [-0.2, 0) is 6.54 Å². The van der Waals surface area contributed by atoms with Crippen molar-refractivity contribution in [1.29, 1.82) is 0 Å². The normalized spacial score (nSPS) is 21.2. The van der Waals surface area contributed by atoms with Crippen LogP contribution in [0.3, 0.4) is 0 Å². The van der Waals surface area contributed by atoms with Crippen LogP contribution in [0.4, 0.5) is 11.8 Å². The van der Waals surface area contributed by atoms with Crippen LogP contribution in [0.25, 0.3) is 11.2 Å². The quantitative estimate of drug-likeness (QED) is 0.192. The van der Waals surface area contributed by atoms with E-state index in [0.717, 1.165) is 44.6 Å². The number of halogens is 2. The Labute approximate surface area is 250 Å². The van der Waals surface area contributed by atoms with Crippen molar-refractivity contribution in [2.24, 2.45) is 5.84 Å². The molecule has 0 spiro atoms. The molecule has 6 rings (SSSR count). The Bertz CT molecular complexity index is 1460. The average Bonchev–Trinajstić information content (AvgIpc) is 3.58. The van der Waals surface area contributed by atoms with Crippen LogP contribution in [0.1, 0.15) is 56.7 Å². The van der Waals surface area contributed by atoms with Gasteiger partial charge in [0.2, 0.25) is 5.95 Å². The zero-order valence-electron chi connectivity index (χ0n) is 23.3. The fourth-order valence-electron chi connectivity index (χ4n) is 6.49. The number of aromatic nitrogens is 4. The lowest BCUT2D eigenvalue weighted by Crippen LogP contribution is -2.57. The molecule has 4 N–H and O–H groups in total. The number of nitrogens with zero attached hydrogens (tertiary/aromatic N) is 6. The van der Waals surface area contributed by atoms with Gasteiger partial charge in [0.1, 0.15) is 0 Å². The number of anilines is 2. The van der Waals surface area contributed by atoms with Gasteiger partial charge in [-0.2, -0.15) is 9.97 Å². The molecule has 2 fully saturated rings. The van der Waals surface area contributed by atoms with Crippen LogP contribution >= 0.6 is 23.2 Å². The minimum absolute atomic E-state index is 0.0298. The second-order valence-electron chi connectivity index (χ2n) is 11.5. The van der Waals surface area contributed by atoms with E-state index in [1.54, 1.807) is 6.33 Å². The largest absolute Gasteiger partial charge is 0.388 e. The highest BCUT2D eigenvalue weighted by atomic mass is 35.5.